The molecule has 0 spiro atoms. The molecule has 1 heteroatoms. The van der Waals surface area contributed by atoms with Crippen molar-refractivity contribution in [3.63, 3.8) is 0 Å². The van der Waals surface area contributed by atoms with Gasteiger partial charge in [-0.2, -0.15) is 0 Å². The van der Waals surface area contributed by atoms with E-state index in [1.807, 2.05) is 18.2 Å². The number of aryl methyl sites for hydroxylation is 1. The molecule has 3 aromatic carbocycles. The lowest BCUT2D eigenvalue weighted by Gasteiger charge is -2.08. The van der Waals surface area contributed by atoms with Crippen LogP contribution in [0, 0.1) is 6.92 Å². The fraction of sp³-hybridized carbons (Fsp3) is 0.0667. The molecule has 0 heterocycles. The molecule has 0 bridgehead atoms. The molecule has 78 valence electrons. The summed E-state index contributed by atoms with van der Waals surface area (Å²) in [5, 5.41) is 14.3. The predicted molar refractivity (Wildman–Crippen MR) is 67.9 cm³/mol. The van der Waals surface area contributed by atoms with Gasteiger partial charge in [0, 0.05) is 5.39 Å². The van der Waals surface area contributed by atoms with Crippen molar-refractivity contribution in [1.29, 1.82) is 0 Å². The van der Waals surface area contributed by atoms with Crippen molar-refractivity contribution in [2.24, 2.45) is 0 Å². The van der Waals surface area contributed by atoms with E-state index in [9.17, 15) is 5.11 Å². The second-order valence-electron chi connectivity index (χ2n) is 4.11. The highest BCUT2D eigenvalue weighted by molar-refractivity contribution is 6.11. The quantitative estimate of drug-likeness (QED) is 0.553. The van der Waals surface area contributed by atoms with Crippen LogP contribution in [0.2, 0.25) is 0 Å². The summed E-state index contributed by atoms with van der Waals surface area (Å²) in [7, 11) is 0. The third kappa shape index (κ3) is 1.18. The summed E-state index contributed by atoms with van der Waals surface area (Å²) in [5.74, 6) is 0.359. The zero-order valence-electron chi connectivity index (χ0n) is 9.07. The van der Waals surface area contributed by atoms with Gasteiger partial charge in [-0.05, 0) is 34.7 Å². The van der Waals surface area contributed by atoms with E-state index in [-0.39, 0.29) is 0 Å². The van der Waals surface area contributed by atoms with Crippen molar-refractivity contribution in [2.45, 2.75) is 6.92 Å². The number of phenolic OH excluding ortho intramolecular Hbond substituents is 1. The van der Waals surface area contributed by atoms with Crippen LogP contribution < -0.4 is 0 Å². The largest absolute Gasteiger partial charge is 0.507 e. The molecule has 0 saturated carbocycles. The zero-order valence-corrected chi connectivity index (χ0v) is 9.07. The summed E-state index contributed by atoms with van der Waals surface area (Å²) in [6.07, 6.45) is 0. The first kappa shape index (κ1) is 9.22. The van der Waals surface area contributed by atoms with Crippen LogP contribution in [0.4, 0.5) is 0 Å². The van der Waals surface area contributed by atoms with E-state index in [4.69, 9.17) is 0 Å². The summed E-state index contributed by atoms with van der Waals surface area (Å²) < 4.78 is 0. The van der Waals surface area contributed by atoms with Gasteiger partial charge in [-0.25, -0.2) is 0 Å². The molecule has 0 atom stereocenters. The Labute approximate surface area is 94.0 Å². The van der Waals surface area contributed by atoms with E-state index >= 15 is 0 Å². The lowest BCUT2D eigenvalue weighted by Crippen LogP contribution is -1.81. The number of hydrogen-bond acceptors (Lipinski definition) is 1. The Balaban J connectivity index is 2.64. The molecule has 3 aromatic rings. The summed E-state index contributed by atoms with van der Waals surface area (Å²) in [4.78, 5) is 0. The van der Waals surface area contributed by atoms with Crippen molar-refractivity contribution in [2.75, 3.05) is 0 Å². The Bertz CT molecular complexity index is 683. The molecule has 16 heavy (non-hydrogen) atoms. The van der Waals surface area contributed by atoms with Crippen LogP contribution in [0.3, 0.4) is 0 Å². The maximum atomic E-state index is 9.99. The van der Waals surface area contributed by atoms with Crippen LogP contribution in [0.25, 0.3) is 21.5 Å². The van der Waals surface area contributed by atoms with Gasteiger partial charge < -0.3 is 5.11 Å². The van der Waals surface area contributed by atoms with Gasteiger partial charge in [0.1, 0.15) is 5.75 Å². The van der Waals surface area contributed by atoms with Crippen LogP contribution in [0.15, 0.2) is 48.5 Å². The van der Waals surface area contributed by atoms with Crippen LogP contribution >= 0.6 is 0 Å². The fourth-order valence-corrected chi connectivity index (χ4v) is 2.25. The third-order valence-corrected chi connectivity index (χ3v) is 3.10. The van der Waals surface area contributed by atoms with Gasteiger partial charge in [-0.1, -0.05) is 42.5 Å². The summed E-state index contributed by atoms with van der Waals surface area (Å²) in [6.45, 7) is 2.07. The van der Waals surface area contributed by atoms with Gasteiger partial charge in [0.05, 0.1) is 0 Å². The second kappa shape index (κ2) is 3.24. The number of aromatic hydroxyl groups is 1. The van der Waals surface area contributed by atoms with Gasteiger partial charge in [-0.15, -0.1) is 0 Å². The average Bonchev–Trinajstić information content (AvgIpc) is 2.33. The Morgan fingerprint density at radius 1 is 0.812 bits per heavy atom. The molecule has 0 fully saturated rings. The summed E-state index contributed by atoms with van der Waals surface area (Å²) in [6, 6.07) is 16.0. The average molecular weight is 208 g/mol. The van der Waals surface area contributed by atoms with E-state index in [1.165, 1.54) is 5.56 Å². The maximum absolute atomic E-state index is 9.99. The SMILES string of the molecule is Cc1ccc(O)c2c1ccc1ccccc12. The number of hydrogen-bond donors (Lipinski definition) is 1. The molecule has 1 N–H and O–H groups in total. The monoisotopic (exact) mass is 208 g/mol. The Hall–Kier alpha value is -2.02. The zero-order chi connectivity index (χ0) is 11.1. The minimum atomic E-state index is 0.359. The standard InChI is InChI=1S/C15H12O/c1-10-6-9-14(16)15-12(10)8-7-11-4-2-3-5-13(11)15/h2-9,16H,1H3. The van der Waals surface area contributed by atoms with E-state index in [0.717, 1.165) is 21.5 Å². The molecule has 0 aliphatic heterocycles. The van der Waals surface area contributed by atoms with Crippen LogP contribution in [-0.4, -0.2) is 5.11 Å². The van der Waals surface area contributed by atoms with E-state index in [2.05, 4.69) is 31.2 Å². The molecule has 0 unspecified atom stereocenters. The number of rotatable bonds is 0. The van der Waals surface area contributed by atoms with Crippen molar-refractivity contribution in [3.05, 3.63) is 54.1 Å². The molecule has 1 nitrogen and oxygen atoms in total. The maximum Gasteiger partial charge on any atom is 0.124 e. The van der Waals surface area contributed by atoms with Crippen LogP contribution in [-0.2, 0) is 0 Å². The number of phenols is 1. The number of fused-ring (bicyclic) bond motifs is 3. The summed E-state index contributed by atoms with van der Waals surface area (Å²) >= 11 is 0. The first-order chi connectivity index (χ1) is 7.77. The van der Waals surface area contributed by atoms with Crippen LogP contribution in [0.1, 0.15) is 5.56 Å². The van der Waals surface area contributed by atoms with Crippen molar-refractivity contribution < 1.29 is 5.11 Å². The molecule has 0 saturated heterocycles. The van der Waals surface area contributed by atoms with Crippen LogP contribution in [0.5, 0.6) is 5.75 Å². The Morgan fingerprint density at radius 3 is 2.50 bits per heavy atom. The van der Waals surface area contributed by atoms with Gasteiger partial charge in [0.25, 0.3) is 0 Å². The molecule has 0 radical (unpaired) electrons. The highest BCUT2D eigenvalue weighted by Gasteiger charge is 2.06. The van der Waals surface area contributed by atoms with Crippen molar-refractivity contribution in [3.8, 4) is 5.75 Å². The van der Waals surface area contributed by atoms with Crippen molar-refractivity contribution >= 4 is 21.5 Å². The van der Waals surface area contributed by atoms with E-state index in [1.54, 1.807) is 6.07 Å². The van der Waals surface area contributed by atoms with Crippen molar-refractivity contribution in [1.82, 2.24) is 0 Å². The lowest BCUT2D eigenvalue weighted by molar-refractivity contribution is 0.482. The van der Waals surface area contributed by atoms with Gasteiger partial charge in [0.2, 0.25) is 0 Å². The normalized spacial score (nSPS) is 11.1. The highest BCUT2D eigenvalue weighted by Crippen LogP contribution is 2.33. The highest BCUT2D eigenvalue weighted by atomic mass is 16.3. The fourth-order valence-electron chi connectivity index (χ4n) is 2.25. The molecule has 3 rings (SSSR count). The number of benzene rings is 3. The third-order valence-electron chi connectivity index (χ3n) is 3.10. The molecule has 0 aromatic heterocycles. The molecule has 0 aliphatic carbocycles. The van der Waals surface area contributed by atoms with Gasteiger partial charge >= 0.3 is 0 Å². The predicted octanol–water partition coefficient (Wildman–Crippen LogP) is 4.01. The van der Waals surface area contributed by atoms with Gasteiger partial charge in [0.15, 0.2) is 0 Å². The molecule has 0 aliphatic rings. The smallest absolute Gasteiger partial charge is 0.124 e. The minimum absolute atomic E-state index is 0.359. The van der Waals surface area contributed by atoms with Gasteiger partial charge in [-0.3, -0.25) is 0 Å². The Morgan fingerprint density at radius 2 is 1.62 bits per heavy atom. The van der Waals surface area contributed by atoms with E-state index in [0.29, 0.717) is 5.75 Å². The second-order valence-corrected chi connectivity index (χ2v) is 4.11. The summed E-state index contributed by atoms with van der Waals surface area (Å²) in [5.41, 5.74) is 1.19. The molecule has 0 amide bonds. The lowest BCUT2D eigenvalue weighted by atomic mass is 9.98. The first-order valence-electron chi connectivity index (χ1n) is 5.37. The Kier molecular flexibility index (Phi) is 1.87. The first-order valence-corrected chi connectivity index (χ1v) is 5.37. The molecular weight excluding hydrogens is 196 g/mol. The topological polar surface area (TPSA) is 20.2 Å². The van der Waals surface area contributed by atoms with E-state index < -0.39 is 0 Å². The molecular formula is C15H12O. The minimum Gasteiger partial charge on any atom is -0.507 e.